The number of ether oxygens (including phenoxy) is 1. The van der Waals surface area contributed by atoms with Crippen LogP contribution in [0.4, 0.5) is 4.79 Å². The van der Waals surface area contributed by atoms with Crippen LogP contribution in [0.5, 0.6) is 0 Å². The van der Waals surface area contributed by atoms with E-state index >= 15 is 0 Å². The summed E-state index contributed by atoms with van der Waals surface area (Å²) in [4.78, 5) is 27.0. The van der Waals surface area contributed by atoms with Crippen molar-refractivity contribution in [2.45, 2.75) is 44.4 Å². The fraction of sp³-hybridized carbons (Fsp3) is 0.833. The molecule has 0 aromatic carbocycles. The lowest BCUT2D eigenvalue weighted by molar-refractivity contribution is -0.139. The number of carbonyl (C=O) groups excluding carboxylic acids is 2. The third-order valence-electron chi connectivity index (χ3n) is 3.66. The number of fused-ring (bicyclic) bond motifs is 2. The number of aliphatic hydroxyl groups is 1. The standard InChI is InChI=1S/C12H20N2O4/c1-11(2,3)18-10(17)14-6-12(7-15)5-8(14)9(16)13(12)4/h8,15H,5-7H2,1-4H3. The summed E-state index contributed by atoms with van der Waals surface area (Å²) >= 11 is 0. The molecule has 2 atom stereocenters. The van der Waals surface area contributed by atoms with Gasteiger partial charge in [-0.3, -0.25) is 9.69 Å². The van der Waals surface area contributed by atoms with E-state index in [0.29, 0.717) is 13.0 Å². The average molecular weight is 256 g/mol. The lowest BCUT2D eigenvalue weighted by Crippen LogP contribution is -2.58. The van der Waals surface area contributed by atoms with Crippen LogP contribution in [0, 0.1) is 0 Å². The molecule has 0 aromatic heterocycles. The molecule has 0 aliphatic carbocycles. The highest BCUT2D eigenvalue weighted by atomic mass is 16.6. The van der Waals surface area contributed by atoms with E-state index in [0.717, 1.165) is 0 Å². The zero-order valence-electron chi connectivity index (χ0n) is 11.3. The maximum atomic E-state index is 12.0. The SMILES string of the molecule is CN1C(=O)C2CC1(CO)CN2C(=O)OC(C)(C)C. The van der Waals surface area contributed by atoms with Crippen LogP contribution in [-0.2, 0) is 9.53 Å². The number of hydrogen-bond donors (Lipinski definition) is 1. The van der Waals surface area contributed by atoms with Crippen molar-refractivity contribution in [3.8, 4) is 0 Å². The highest BCUT2D eigenvalue weighted by molar-refractivity contribution is 5.90. The van der Waals surface area contributed by atoms with Crippen LogP contribution >= 0.6 is 0 Å². The predicted octanol–water partition coefficient (Wildman–Crippen LogP) is 0.199. The van der Waals surface area contributed by atoms with Crippen LogP contribution in [-0.4, -0.2) is 64.3 Å². The van der Waals surface area contributed by atoms with Crippen molar-refractivity contribution >= 4 is 12.0 Å². The molecule has 0 spiro atoms. The minimum absolute atomic E-state index is 0.124. The lowest BCUT2D eigenvalue weighted by atomic mass is 10.0. The van der Waals surface area contributed by atoms with Crippen molar-refractivity contribution in [2.24, 2.45) is 0 Å². The molecule has 2 rings (SSSR count). The van der Waals surface area contributed by atoms with Gasteiger partial charge in [0.2, 0.25) is 5.91 Å². The molecular formula is C12H20N2O4. The van der Waals surface area contributed by atoms with Crippen LogP contribution in [0.25, 0.3) is 0 Å². The summed E-state index contributed by atoms with van der Waals surface area (Å²) in [7, 11) is 1.67. The number of rotatable bonds is 1. The van der Waals surface area contributed by atoms with Gasteiger partial charge in [0.25, 0.3) is 0 Å². The Hall–Kier alpha value is -1.30. The van der Waals surface area contributed by atoms with Crippen LogP contribution in [0.15, 0.2) is 0 Å². The summed E-state index contributed by atoms with van der Waals surface area (Å²) in [6.45, 7) is 5.56. The summed E-state index contributed by atoms with van der Waals surface area (Å²) in [5.41, 5.74) is -1.21. The van der Waals surface area contributed by atoms with Crippen LogP contribution in [0.1, 0.15) is 27.2 Å². The molecule has 102 valence electrons. The quantitative estimate of drug-likeness (QED) is 0.727. The van der Waals surface area contributed by atoms with Gasteiger partial charge in [0.15, 0.2) is 0 Å². The molecular weight excluding hydrogens is 236 g/mol. The Morgan fingerprint density at radius 1 is 1.56 bits per heavy atom. The van der Waals surface area contributed by atoms with Gasteiger partial charge in [0, 0.05) is 13.5 Å². The number of aliphatic hydroxyl groups excluding tert-OH is 1. The van der Waals surface area contributed by atoms with E-state index in [-0.39, 0.29) is 12.5 Å². The maximum absolute atomic E-state index is 12.0. The molecule has 18 heavy (non-hydrogen) atoms. The van der Waals surface area contributed by atoms with Crippen molar-refractivity contribution in [3.05, 3.63) is 0 Å². The highest BCUT2D eigenvalue weighted by Crippen LogP contribution is 2.40. The molecule has 2 saturated heterocycles. The van der Waals surface area contributed by atoms with Crippen LogP contribution in [0.2, 0.25) is 0 Å². The number of amides is 2. The first kappa shape index (κ1) is 13.1. The first-order valence-corrected chi connectivity index (χ1v) is 6.08. The maximum Gasteiger partial charge on any atom is 0.411 e. The molecule has 0 saturated carbocycles. The van der Waals surface area contributed by atoms with Crippen molar-refractivity contribution in [1.82, 2.24) is 9.80 Å². The Kier molecular flexibility index (Phi) is 2.81. The van der Waals surface area contributed by atoms with Gasteiger partial charge in [0.1, 0.15) is 11.6 Å². The van der Waals surface area contributed by atoms with E-state index in [4.69, 9.17) is 4.74 Å². The summed E-state index contributed by atoms with van der Waals surface area (Å²) in [5, 5.41) is 9.49. The van der Waals surface area contributed by atoms with Gasteiger partial charge in [-0.05, 0) is 20.8 Å². The number of piperazine rings is 1. The molecule has 2 fully saturated rings. The first-order chi connectivity index (χ1) is 8.20. The molecule has 0 radical (unpaired) electrons. The third-order valence-corrected chi connectivity index (χ3v) is 3.66. The molecule has 2 aliphatic heterocycles. The number of hydrogen-bond acceptors (Lipinski definition) is 4. The van der Waals surface area contributed by atoms with E-state index in [2.05, 4.69) is 0 Å². The Morgan fingerprint density at radius 3 is 2.61 bits per heavy atom. The van der Waals surface area contributed by atoms with E-state index < -0.39 is 23.3 Å². The molecule has 0 aromatic rings. The smallest absolute Gasteiger partial charge is 0.411 e. The molecule has 2 amide bonds. The van der Waals surface area contributed by atoms with Gasteiger partial charge in [-0.25, -0.2) is 4.79 Å². The minimum atomic E-state index is -0.626. The summed E-state index contributed by atoms with van der Waals surface area (Å²) in [6, 6.07) is -0.489. The molecule has 6 heteroatoms. The lowest BCUT2D eigenvalue weighted by Gasteiger charge is -2.38. The summed E-state index contributed by atoms with van der Waals surface area (Å²) < 4.78 is 5.28. The monoisotopic (exact) mass is 256 g/mol. The fourth-order valence-corrected chi connectivity index (χ4v) is 2.62. The number of nitrogens with zero attached hydrogens (tertiary/aromatic N) is 2. The normalized spacial score (nSPS) is 31.2. The van der Waals surface area contributed by atoms with E-state index in [1.54, 1.807) is 32.7 Å². The number of likely N-dealkylation sites (tertiary alicyclic amines) is 2. The summed E-state index contributed by atoms with van der Waals surface area (Å²) in [6.07, 6.45) is 0.00205. The summed E-state index contributed by atoms with van der Waals surface area (Å²) in [5.74, 6) is -0.124. The van der Waals surface area contributed by atoms with Gasteiger partial charge in [0.05, 0.1) is 18.7 Å². The Balaban J connectivity index is 2.16. The van der Waals surface area contributed by atoms with E-state index in [9.17, 15) is 14.7 Å². The molecule has 2 heterocycles. The van der Waals surface area contributed by atoms with E-state index in [1.807, 2.05) is 0 Å². The molecule has 6 nitrogen and oxygen atoms in total. The Morgan fingerprint density at radius 2 is 2.17 bits per heavy atom. The van der Waals surface area contributed by atoms with Crippen molar-refractivity contribution in [2.75, 3.05) is 20.2 Å². The zero-order chi connectivity index (χ0) is 13.7. The van der Waals surface area contributed by atoms with Gasteiger partial charge in [-0.15, -0.1) is 0 Å². The van der Waals surface area contributed by atoms with Gasteiger partial charge in [-0.1, -0.05) is 0 Å². The van der Waals surface area contributed by atoms with Crippen LogP contribution < -0.4 is 0 Å². The van der Waals surface area contributed by atoms with Crippen molar-refractivity contribution < 1.29 is 19.4 Å². The molecule has 2 bridgehead atoms. The van der Waals surface area contributed by atoms with Gasteiger partial charge >= 0.3 is 6.09 Å². The molecule has 2 unspecified atom stereocenters. The van der Waals surface area contributed by atoms with Gasteiger partial charge in [-0.2, -0.15) is 0 Å². The van der Waals surface area contributed by atoms with Gasteiger partial charge < -0.3 is 14.7 Å². The number of likely N-dealkylation sites (N-methyl/N-ethyl adjacent to an activating group) is 1. The molecule has 2 aliphatic rings. The third kappa shape index (κ3) is 1.84. The Labute approximate surface area is 106 Å². The first-order valence-electron chi connectivity index (χ1n) is 6.08. The van der Waals surface area contributed by atoms with Crippen LogP contribution in [0.3, 0.4) is 0 Å². The zero-order valence-corrected chi connectivity index (χ0v) is 11.3. The Bertz CT molecular complexity index is 390. The largest absolute Gasteiger partial charge is 0.444 e. The topological polar surface area (TPSA) is 70.1 Å². The second kappa shape index (κ2) is 3.85. The fourth-order valence-electron chi connectivity index (χ4n) is 2.62. The minimum Gasteiger partial charge on any atom is -0.444 e. The van der Waals surface area contributed by atoms with Crippen molar-refractivity contribution in [1.29, 1.82) is 0 Å². The second-order valence-electron chi connectivity index (χ2n) is 6.11. The molecule has 1 N–H and O–H groups in total. The highest BCUT2D eigenvalue weighted by Gasteiger charge is 2.59. The average Bonchev–Trinajstić information content (AvgIpc) is 2.74. The number of carbonyl (C=O) groups is 2. The van der Waals surface area contributed by atoms with Crippen molar-refractivity contribution in [3.63, 3.8) is 0 Å². The predicted molar refractivity (Wildman–Crippen MR) is 63.9 cm³/mol. The second-order valence-corrected chi connectivity index (χ2v) is 6.11. The van der Waals surface area contributed by atoms with E-state index in [1.165, 1.54) is 4.90 Å².